The number of carbonyl (C=O) groups excluding carboxylic acids is 3. The number of hydrogen-bond donors (Lipinski definition) is 3. The van der Waals surface area contributed by atoms with Gasteiger partial charge in [0.2, 0.25) is 10.0 Å². The van der Waals surface area contributed by atoms with Gasteiger partial charge in [0.1, 0.15) is 5.82 Å². The summed E-state index contributed by atoms with van der Waals surface area (Å²) in [5.74, 6) is -1.81. The molecule has 4 aromatic rings. The van der Waals surface area contributed by atoms with E-state index in [-0.39, 0.29) is 35.7 Å². The largest absolute Gasteiger partial charge is 0.389 e. The second-order valence-electron chi connectivity index (χ2n) is 12.8. The Labute approximate surface area is 304 Å². The standard InChI is InChI=1S/C38H47FN6O6S/c1-6-17-44(18-7-2)38(49)31-23-40-45(24-31)25-35(46)34(19-27-11-9-8-10-12-27)42-37(48)30-20-29(21-33(22-30)43(4)52(5,50)51)36(47)41-26(3)28-13-15-32(39)16-14-28/h8-16,20-24,26,34-35,46H,6-7,17-19,25H2,1-5H3,(H,41,47)(H,42,48)/t26-,34+,35+/m1/s1. The Morgan fingerprint density at radius 3 is 2.08 bits per heavy atom. The number of halogens is 1. The molecule has 278 valence electrons. The lowest BCUT2D eigenvalue weighted by Gasteiger charge is -2.25. The molecule has 3 aromatic carbocycles. The van der Waals surface area contributed by atoms with Crippen molar-refractivity contribution in [2.75, 3.05) is 30.7 Å². The summed E-state index contributed by atoms with van der Waals surface area (Å²) in [6.45, 7) is 6.91. The Morgan fingerprint density at radius 1 is 0.904 bits per heavy atom. The average molecular weight is 735 g/mol. The molecule has 0 spiro atoms. The normalized spacial score (nSPS) is 13.1. The molecule has 0 radical (unpaired) electrons. The quantitative estimate of drug-likeness (QED) is 0.144. The molecule has 0 aliphatic rings. The number of aliphatic hydroxyl groups excluding tert-OH is 1. The van der Waals surface area contributed by atoms with Crippen molar-refractivity contribution in [3.63, 3.8) is 0 Å². The number of amides is 3. The third-order valence-electron chi connectivity index (χ3n) is 8.63. The number of carbonyl (C=O) groups is 3. The summed E-state index contributed by atoms with van der Waals surface area (Å²) in [6, 6.07) is 17.6. The van der Waals surface area contributed by atoms with Crippen LogP contribution in [-0.2, 0) is 23.0 Å². The van der Waals surface area contributed by atoms with Crippen LogP contribution in [0.5, 0.6) is 0 Å². The van der Waals surface area contributed by atoms with Gasteiger partial charge < -0.3 is 20.6 Å². The van der Waals surface area contributed by atoms with Crippen molar-refractivity contribution in [3.8, 4) is 0 Å². The van der Waals surface area contributed by atoms with Crippen molar-refractivity contribution >= 4 is 33.4 Å². The van der Waals surface area contributed by atoms with E-state index in [4.69, 9.17) is 0 Å². The molecule has 12 nitrogen and oxygen atoms in total. The first-order valence-corrected chi connectivity index (χ1v) is 19.0. The van der Waals surface area contributed by atoms with Gasteiger partial charge in [-0.25, -0.2) is 12.8 Å². The fraction of sp³-hybridized carbons (Fsp3) is 0.368. The molecule has 0 saturated carbocycles. The Bertz CT molecular complexity index is 1930. The van der Waals surface area contributed by atoms with Crippen LogP contribution in [0.3, 0.4) is 0 Å². The van der Waals surface area contributed by atoms with Crippen LogP contribution in [0.4, 0.5) is 10.1 Å². The van der Waals surface area contributed by atoms with Gasteiger partial charge in [0.05, 0.1) is 48.4 Å². The van der Waals surface area contributed by atoms with Crippen LogP contribution in [0.1, 0.15) is 81.9 Å². The minimum atomic E-state index is -3.78. The van der Waals surface area contributed by atoms with E-state index in [0.717, 1.165) is 29.0 Å². The van der Waals surface area contributed by atoms with Gasteiger partial charge in [-0.15, -0.1) is 0 Å². The summed E-state index contributed by atoms with van der Waals surface area (Å²) in [7, 11) is -2.47. The van der Waals surface area contributed by atoms with Gasteiger partial charge in [-0.3, -0.25) is 23.4 Å². The molecule has 52 heavy (non-hydrogen) atoms. The fourth-order valence-corrected chi connectivity index (χ4v) is 6.18. The Balaban J connectivity index is 1.61. The highest BCUT2D eigenvalue weighted by Gasteiger charge is 2.26. The molecule has 1 heterocycles. The summed E-state index contributed by atoms with van der Waals surface area (Å²) in [4.78, 5) is 42.3. The zero-order chi connectivity index (χ0) is 38.0. The molecule has 4 rings (SSSR count). The first kappa shape index (κ1) is 39.7. The number of hydrogen-bond acceptors (Lipinski definition) is 7. The van der Waals surface area contributed by atoms with Gasteiger partial charge in [-0.1, -0.05) is 56.3 Å². The Kier molecular flexibility index (Phi) is 13.7. The predicted molar refractivity (Wildman–Crippen MR) is 198 cm³/mol. The van der Waals surface area contributed by atoms with E-state index in [0.29, 0.717) is 24.2 Å². The van der Waals surface area contributed by atoms with Crippen LogP contribution in [-0.4, -0.2) is 84.5 Å². The first-order valence-electron chi connectivity index (χ1n) is 17.2. The molecule has 0 unspecified atom stereocenters. The monoisotopic (exact) mass is 734 g/mol. The molecule has 0 saturated heterocycles. The highest BCUT2D eigenvalue weighted by Crippen LogP contribution is 2.23. The number of nitrogens with zero attached hydrogens (tertiary/aromatic N) is 4. The van der Waals surface area contributed by atoms with Crippen LogP contribution in [0, 0.1) is 5.82 Å². The van der Waals surface area contributed by atoms with E-state index in [1.807, 2.05) is 44.2 Å². The lowest BCUT2D eigenvalue weighted by Crippen LogP contribution is -2.46. The highest BCUT2D eigenvalue weighted by molar-refractivity contribution is 7.92. The maximum absolute atomic E-state index is 13.9. The smallest absolute Gasteiger partial charge is 0.257 e. The van der Waals surface area contributed by atoms with E-state index in [2.05, 4.69) is 15.7 Å². The Hall–Kier alpha value is -5.08. The maximum Gasteiger partial charge on any atom is 0.257 e. The average Bonchev–Trinajstić information content (AvgIpc) is 3.59. The van der Waals surface area contributed by atoms with Gasteiger partial charge in [0.15, 0.2) is 0 Å². The molecule has 0 aliphatic carbocycles. The van der Waals surface area contributed by atoms with Crippen molar-refractivity contribution in [2.45, 2.75) is 64.8 Å². The maximum atomic E-state index is 13.9. The van der Waals surface area contributed by atoms with Crippen LogP contribution in [0.2, 0.25) is 0 Å². The van der Waals surface area contributed by atoms with E-state index in [1.54, 1.807) is 30.2 Å². The van der Waals surface area contributed by atoms with Crippen molar-refractivity contribution in [1.29, 1.82) is 0 Å². The predicted octanol–water partition coefficient (Wildman–Crippen LogP) is 4.57. The zero-order valence-corrected chi connectivity index (χ0v) is 30.9. The zero-order valence-electron chi connectivity index (χ0n) is 30.1. The first-order chi connectivity index (χ1) is 24.7. The second-order valence-corrected chi connectivity index (χ2v) is 14.8. The molecule has 0 aliphatic heterocycles. The number of nitrogens with one attached hydrogen (secondary N) is 2. The van der Waals surface area contributed by atoms with Gasteiger partial charge in [-0.05, 0) is 67.6 Å². The second kappa shape index (κ2) is 17.9. The van der Waals surface area contributed by atoms with Crippen molar-refractivity contribution < 1.29 is 32.3 Å². The molecule has 3 atom stereocenters. The number of sulfonamides is 1. The van der Waals surface area contributed by atoms with Crippen LogP contribution in [0.15, 0.2) is 85.2 Å². The minimum Gasteiger partial charge on any atom is -0.389 e. The summed E-state index contributed by atoms with van der Waals surface area (Å²) in [6.07, 6.45) is 4.73. The summed E-state index contributed by atoms with van der Waals surface area (Å²) in [5, 5.41) is 21.5. The van der Waals surface area contributed by atoms with Crippen molar-refractivity contribution in [1.82, 2.24) is 25.3 Å². The Morgan fingerprint density at radius 2 is 1.50 bits per heavy atom. The van der Waals surface area contributed by atoms with Gasteiger partial charge in [0.25, 0.3) is 17.7 Å². The van der Waals surface area contributed by atoms with Gasteiger partial charge in [-0.2, -0.15) is 5.10 Å². The molecule has 0 bridgehead atoms. The minimum absolute atomic E-state index is 0.0150. The third kappa shape index (κ3) is 10.7. The molecule has 3 amide bonds. The summed E-state index contributed by atoms with van der Waals surface area (Å²) in [5.41, 5.74) is 1.94. The lowest BCUT2D eigenvalue weighted by molar-refractivity contribution is 0.0754. The van der Waals surface area contributed by atoms with Crippen LogP contribution in [0.25, 0.3) is 0 Å². The molecule has 1 aromatic heterocycles. The van der Waals surface area contributed by atoms with Crippen molar-refractivity contribution in [2.24, 2.45) is 0 Å². The van der Waals surface area contributed by atoms with E-state index < -0.39 is 45.8 Å². The number of rotatable bonds is 17. The lowest BCUT2D eigenvalue weighted by atomic mass is 10.00. The molecule has 14 heteroatoms. The van der Waals surface area contributed by atoms with Crippen LogP contribution >= 0.6 is 0 Å². The number of anilines is 1. The number of aromatic nitrogens is 2. The van der Waals surface area contributed by atoms with E-state index in [9.17, 15) is 32.3 Å². The van der Waals surface area contributed by atoms with Crippen LogP contribution < -0.4 is 14.9 Å². The highest BCUT2D eigenvalue weighted by atomic mass is 32.2. The van der Waals surface area contributed by atoms with Gasteiger partial charge >= 0.3 is 0 Å². The molecule has 3 N–H and O–H groups in total. The summed E-state index contributed by atoms with van der Waals surface area (Å²) < 4.78 is 40.9. The van der Waals surface area contributed by atoms with Gasteiger partial charge in [0, 0.05) is 37.5 Å². The topological polar surface area (TPSA) is 154 Å². The fourth-order valence-electron chi connectivity index (χ4n) is 5.69. The number of benzene rings is 3. The number of aliphatic hydroxyl groups is 1. The molecular formula is C38H47FN6O6S. The SMILES string of the molecule is CCCN(CCC)C(=O)c1cnn(C[C@H](O)[C@H](Cc2ccccc2)NC(=O)c2cc(C(=O)N[C@H](C)c3ccc(F)cc3)cc(N(C)S(C)(=O)=O)c2)c1. The third-order valence-corrected chi connectivity index (χ3v) is 9.83. The van der Waals surface area contributed by atoms with Crippen molar-refractivity contribution in [3.05, 3.63) is 119 Å². The van der Waals surface area contributed by atoms with E-state index in [1.165, 1.54) is 48.3 Å². The molecule has 0 fully saturated rings. The molecular weight excluding hydrogens is 688 g/mol. The van der Waals surface area contributed by atoms with E-state index >= 15 is 0 Å². The summed E-state index contributed by atoms with van der Waals surface area (Å²) >= 11 is 0.